The van der Waals surface area contributed by atoms with Crippen molar-refractivity contribution in [3.05, 3.63) is 0 Å². The first-order valence-electron chi connectivity index (χ1n) is 2.49. The van der Waals surface area contributed by atoms with Gasteiger partial charge >= 0.3 is 0 Å². The van der Waals surface area contributed by atoms with Crippen molar-refractivity contribution in [2.24, 2.45) is 0 Å². The van der Waals surface area contributed by atoms with Crippen LogP contribution in [0.1, 0.15) is 6.42 Å². The summed E-state index contributed by atoms with van der Waals surface area (Å²) < 4.78 is 6.12. The fraction of sp³-hybridized carbons (Fsp3) is 0.667. The van der Waals surface area contributed by atoms with Crippen molar-refractivity contribution in [2.75, 3.05) is 17.6 Å². The average molecular weight is 224 g/mol. The van der Waals surface area contributed by atoms with Crippen LogP contribution >= 0.6 is 22.6 Å². The van der Waals surface area contributed by atoms with Gasteiger partial charge in [-0.05, 0) is 0 Å². The van der Waals surface area contributed by atoms with Crippen molar-refractivity contribution in [3.63, 3.8) is 0 Å². The van der Waals surface area contributed by atoms with E-state index < -0.39 is 0 Å². The van der Waals surface area contributed by atoms with Crippen LogP contribution in [0.25, 0.3) is 0 Å². The van der Waals surface area contributed by atoms with Crippen molar-refractivity contribution in [3.8, 4) is 12.3 Å². The number of halogens is 1. The van der Waals surface area contributed by atoms with Gasteiger partial charge in [-0.3, -0.25) is 0 Å². The van der Waals surface area contributed by atoms with E-state index in [-0.39, 0.29) is 0 Å². The normalized spacial score (nSPS) is 8.50. The number of hydrogen-bond acceptors (Lipinski definition) is 1. The van der Waals surface area contributed by atoms with Crippen LogP contribution in [0.15, 0.2) is 0 Å². The summed E-state index contributed by atoms with van der Waals surface area (Å²) in [7, 11) is 0. The highest BCUT2D eigenvalue weighted by atomic mass is 127. The van der Waals surface area contributed by atoms with E-state index in [2.05, 4.69) is 28.5 Å². The lowest BCUT2D eigenvalue weighted by atomic mass is 10.5. The van der Waals surface area contributed by atoms with E-state index in [1.54, 1.807) is 0 Å². The highest BCUT2D eigenvalue weighted by molar-refractivity contribution is 14.1. The molecule has 0 aliphatic rings. The topological polar surface area (TPSA) is 9.23 Å². The lowest BCUT2D eigenvalue weighted by Crippen LogP contribution is -1.95. The molecule has 0 aromatic carbocycles. The highest BCUT2D eigenvalue weighted by Gasteiger charge is 1.80. The fourth-order valence-electron chi connectivity index (χ4n) is 0.288. The summed E-state index contributed by atoms with van der Waals surface area (Å²) in [6, 6.07) is 0. The summed E-state index contributed by atoms with van der Waals surface area (Å²) in [6.07, 6.45) is 5.71. The maximum absolute atomic E-state index is 5.07. The molecule has 0 amide bonds. The molecule has 0 saturated heterocycles. The summed E-state index contributed by atoms with van der Waals surface area (Å²) in [5.74, 6) is 2.50. The highest BCUT2D eigenvalue weighted by Crippen LogP contribution is 1.83. The van der Waals surface area contributed by atoms with Gasteiger partial charge in [0.05, 0.1) is 13.2 Å². The molecular weight excluding hydrogens is 215 g/mol. The summed E-state index contributed by atoms with van der Waals surface area (Å²) in [4.78, 5) is 0. The minimum atomic E-state index is 0.708. The molecule has 2 heteroatoms. The first-order valence-corrected chi connectivity index (χ1v) is 4.01. The van der Waals surface area contributed by atoms with Crippen molar-refractivity contribution < 1.29 is 4.74 Å². The number of alkyl halides is 1. The quantitative estimate of drug-likeness (QED) is 0.304. The van der Waals surface area contributed by atoms with Crippen molar-refractivity contribution in [1.29, 1.82) is 0 Å². The Hall–Kier alpha value is 0.250. The van der Waals surface area contributed by atoms with Gasteiger partial charge in [-0.2, -0.15) is 0 Å². The summed E-state index contributed by atoms with van der Waals surface area (Å²) in [6.45, 7) is 1.53. The van der Waals surface area contributed by atoms with E-state index in [9.17, 15) is 0 Å². The van der Waals surface area contributed by atoms with E-state index >= 15 is 0 Å². The molecule has 1 nitrogen and oxygen atoms in total. The largest absolute Gasteiger partial charge is 0.380 e. The van der Waals surface area contributed by atoms with E-state index in [1.807, 2.05) is 0 Å². The molecule has 0 atom stereocenters. The first-order chi connectivity index (χ1) is 3.91. The molecule has 0 fully saturated rings. The predicted molar refractivity (Wildman–Crippen MR) is 43.2 cm³/mol. The van der Waals surface area contributed by atoms with E-state index in [0.29, 0.717) is 6.61 Å². The predicted octanol–water partition coefficient (Wildman–Crippen LogP) is 1.46. The number of terminal acetylenes is 1. The van der Waals surface area contributed by atoms with Crippen LogP contribution in [0, 0.1) is 12.3 Å². The second-order valence-corrected chi connectivity index (χ2v) is 2.33. The maximum atomic E-state index is 5.07. The average Bonchev–Trinajstić information content (AvgIpc) is 1.81. The van der Waals surface area contributed by atoms with Crippen LogP contribution in [-0.4, -0.2) is 17.6 Å². The molecule has 0 unspecified atom stereocenters. The molecule has 0 rings (SSSR count). The number of ether oxygens (including phenoxy) is 1. The Balaban J connectivity index is 2.65. The van der Waals surface area contributed by atoms with Gasteiger partial charge in [0.25, 0.3) is 0 Å². The smallest absolute Gasteiger partial charge is 0.0575 e. The van der Waals surface area contributed by atoms with Crippen molar-refractivity contribution >= 4 is 22.6 Å². The molecular formula is C6H9IO. The molecule has 0 heterocycles. The van der Waals surface area contributed by atoms with Crippen LogP contribution in [0.3, 0.4) is 0 Å². The van der Waals surface area contributed by atoms with Gasteiger partial charge in [-0.15, -0.1) is 12.3 Å². The molecule has 8 heavy (non-hydrogen) atoms. The molecule has 46 valence electrons. The SMILES string of the molecule is C#CCCOCCI. The van der Waals surface area contributed by atoms with Gasteiger partial charge in [0, 0.05) is 10.8 Å². The van der Waals surface area contributed by atoms with Crippen LogP contribution in [-0.2, 0) is 4.74 Å². The van der Waals surface area contributed by atoms with Gasteiger partial charge in [0.2, 0.25) is 0 Å². The molecule has 0 N–H and O–H groups in total. The summed E-state index contributed by atoms with van der Waals surface area (Å²) in [5, 5.41) is 0. The zero-order valence-corrected chi connectivity index (χ0v) is 6.85. The Morgan fingerprint density at radius 2 is 2.25 bits per heavy atom. The van der Waals surface area contributed by atoms with E-state index in [1.165, 1.54) is 0 Å². The fourth-order valence-corrected chi connectivity index (χ4v) is 0.599. The van der Waals surface area contributed by atoms with Gasteiger partial charge < -0.3 is 4.74 Å². The van der Waals surface area contributed by atoms with Gasteiger partial charge in [0.15, 0.2) is 0 Å². The third-order valence-corrected chi connectivity index (χ3v) is 1.05. The lowest BCUT2D eigenvalue weighted by Gasteiger charge is -1.94. The molecule has 0 radical (unpaired) electrons. The Morgan fingerprint density at radius 1 is 1.50 bits per heavy atom. The van der Waals surface area contributed by atoms with Gasteiger partial charge in [0.1, 0.15) is 0 Å². The summed E-state index contributed by atoms with van der Waals surface area (Å²) in [5.41, 5.74) is 0. The molecule has 0 bridgehead atoms. The molecule has 0 aliphatic carbocycles. The van der Waals surface area contributed by atoms with Gasteiger partial charge in [-0.1, -0.05) is 22.6 Å². The van der Waals surface area contributed by atoms with Crippen LogP contribution in [0.2, 0.25) is 0 Å². The molecule has 0 aromatic heterocycles. The lowest BCUT2D eigenvalue weighted by molar-refractivity contribution is 0.158. The molecule has 0 aliphatic heterocycles. The van der Waals surface area contributed by atoms with E-state index in [4.69, 9.17) is 11.2 Å². The second-order valence-electron chi connectivity index (χ2n) is 1.26. The zero-order chi connectivity index (χ0) is 6.24. The Labute approximate surface area is 63.9 Å². The Bertz CT molecular complexity index is 75.1. The second kappa shape index (κ2) is 7.25. The number of hydrogen-bond donors (Lipinski definition) is 0. The van der Waals surface area contributed by atoms with Gasteiger partial charge in [-0.25, -0.2) is 0 Å². The molecule has 0 spiro atoms. The zero-order valence-electron chi connectivity index (χ0n) is 4.69. The number of rotatable bonds is 4. The third kappa shape index (κ3) is 6.25. The molecule has 0 aromatic rings. The monoisotopic (exact) mass is 224 g/mol. The Morgan fingerprint density at radius 3 is 2.75 bits per heavy atom. The maximum Gasteiger partial charge on any atom is 0.0575 e. The minimum Gasteiger partial charge on any atom is -0.380 e. The van der Waals surface area contributed by atoms with Crippen LogP contribution in [0.5, 0.6) is 0 Å². The Kier molecular flexibility index (Phi) is 7.48. The van der Waals surface area contributed by atoms with E-state index in [0.717, 1.165) is 17.5 Å². The van der Waals surface area contributed by atoms with Crippen LogP contribution < -0.4 is 0 Å². The summed E-state index contributed by atoms with van der Waals surface area (Å²) >= 11 is 2.26. The van der Waals surface area contributed by atoms with Crippen molar-refractivity contribution in [2.45, 2.75) is 6.42 Å². The van der Waals surface area contributed by atoms with Crippen LogP contribution in [0.4, 0.5) is 0 Å². The minimum absolute atomic E-state index is 0.708. The van der Waals surface area contributed by atoms with Crippen molar-refractivity contribution in [1.82, 2.24) is 0 Å². The third-order valence-electron chi connectivity index (χ3n) is 0.612. The first kappa shape index (κ1) is 8.25. The molecule has 0 saturated carbocycles. The standard InChI is InChI=1S/C6H9IO/c1-2-3-5-8-6-4-7/h1H,3-6H2.